The highest BCUT2D eigenvalue weighted by molar-refractivity contribution is 7.13. The predicted octanol–water partition coefficient (Wildman–Crippen LogP) is 2.76. The third-order valence-corrected chi connectivity index (χ3v) is 4.69. The maximum Gasteiger partial charge on any atom is 0.257 e. The van der Waals surface area contributed by atoms with Gasteiger partial charge in [-0.1, -0.05) is 6.07 Å². The molecule has 3 aromatic rings. The smallest absolute Gasteiger partial charge is 0.257 e. The summed E-state index contributed by atoms with van der Waals surface area (Å²) in [6.45, 7) is 1.48. The van der Waals surface area contributed by atoms with Crippen LogP contribution in [0.2, 0.25) is 0 Å². The van der Waals surface area contributed by atoms with Gasteiger partial charge in [0.2, 0.25) is 11.8 Å². The number of methoxy groups -OCH3 is 1. The standard InChI is InChI=1S/C19H19N5O3S/c1-26-9-8-24(12-17(25)21-15-6-4-14(11-20)5-7-15)13-18-22-23-19(27-18)16-3-2-10-28-16/h2-7,10H,8-9,12-13H2,1H3,(H,21,25). The van der Waals surface area contributed by atoms with E-state index in [1.165, 1.54) is 11.3 Å². The molecule has 0 spiro atoms. The third kappa shape index (κ3) is 5.47. The Morgan fingerprint density at radius 2 is 2.14 bits per heavy atom. The molecule has 28 heavy (non-hydrogen) atoms. The first-order chi connectivity index (χ1) is 13.7. The largest absolute Gasteiger partial charge is 0.419 e. The Kier molecular flexibility index (Phi) is 6.86. The molecule has 2 heterocycles. The first-order valence-electron chi connectivity index (χ1n) is 8.55. The van der Waals surface area contributed by atoms with Crippen molar-refractivity contribution in [2.75, 3.05) is 32.1 Å². The van der Waals surface area contributed by atoms with Gasteiger partial charge in [-0.25, -0.2) is 0 Å². The zero-order valence-electron chi connectivity index (χ0n) is 15.3. The van der Waals surface area contributed by atoms with Crippen molar-refractivity contribution in [3.63, 3.8) is 0 Å². The molecule has 0 bridgehead atoms. The van der Waals surface area contributed by atoms with Crippen LogP contribution in [0, 0.1) is 11.3 Å². The Morgan fingerprint density at radius 3 is 2.82 bits per heavy atom. The fourth-order valence-electron chi connectivity index (χ4n) is 2.47. The number of hydrogen-bond acceptors (Lipinski definition) is 8. The highest BCUT2D eigenvalue weighted by atomic mass is 32.1. The van der Waals surface area contributed by atoms with E-state index in [1.807, 2.05) is 28.5 Å². The van der Waals surface area contributed by atoms with Crippen LogP contribution in [0.1, 0.15) is 11.5 Å². The van der Waals surface area contributed by atoms with Crippen molar-refractivity contribution < 1.29 is 13.9 Å². The maximum absolute atomic E-state index is 12.4. The lowest BCUT2D eigenvalue weighted by Gasteiger charge is -2.19. The summed E-state index contributed by atoms with van der Waals surface area (Å²) in [6.07, 6.45) is 0. The number of rotatable bonds is 9. The highest BCUT2D eigenvalue weighted by Crippen LogP contribution is 2.23. The van der Waals surface area contributed by atoms with Crippen LogP contribution in [-0.2, 0) is 16.1 Å². The van der Waals surface area contributed by atoms with Crippen LogP contribution in [0.4, 0.5) is 5.69 Å². The minimum absolute atomic E-state index is 0.139. The van der Waals surface area contributed by atoms with Crippen LogP contribution in [0.15, 0.2) is 46.2 Å². The quantitative estimate of drug-likeness (QED) is 0.592. The highest BCUT2D eigenvalue weighted by Gasteiger charge is 2.16. The Labute approximate surface area is 166 Å². The summed E-state index contributed by atoms with van der Waals surface area (Å²) in [7, 11) is 1.61. The van der Waals surface area contributed by atoms with Crippen LogP contribution >= 0.6 is 11.3 Å². The summed E-state index contributed by atoms with van der Waals surface area (Å²) in [6, 6.07) is 12.6. The first kappa shape index (κ1) is 19.7. The average Bonchev–Trinajstić information content (AvgIpc) is 3.38. The molecule has 0 atom stereocenters. The van der Waals surface area contributed by atoms with Gasteiger partial charge in [0.15, 0.2) is 0 Å². The number of anilines is 1. The van der Waals surface area contributed by atoms with Gasteiger partial charge in [0.1, 0.15) is 0 Å². The molecular formula is C19H19N5O3S. The molecule has 1 aromatic carbocycles. The number of nitrogens with one attached hydrogen (secondary N) is 1. The number of benzene rings is 1. The SMILES string of the molecule is COCCN(CC(=O)Nc1ccc(C#N)cc1)Cc1nnc(-c2cccs2)o1. The van der Waals surface area contributed by atoms with Gasteiger partial charge >= 0.3 is 0 Å². The molecule has 0 radical (unpaired) electrons. The molecule has 1 amide bonds. The van der Waals surface area contributed by atoms with Gasteiger partial charge in [0, 0.05) is 19.3 Å². The van der Waals surface area contributed by atoms with Crippen LogP contribution < -0.4 is 5.32 Å². The molecular weight excluding hydrogens is 378 g/mol. The number of thiophene rings is 1. The van der Waals surface area contributed by atoms with Gasteiger partial charge in [-0.15, -0.1) is 21.5 Å². The molecule has 0 unspecified atom stereocenters. The van der Waals surface area contributed by atoms with Gasteiger partial charge < -0.3 is 14.5 Å². The minimum Gasteiger partial charge on any atom is -0.419 e. The van der Waals surface area contributed by atoms with Crippen molar-refractivity contribution in [1.82, 2.24) is 15.1 Å². The van der Waals surface area contributed by atoms with Gasteiger partial charge in [0.25, 0.3) is 5.89 Å². The van der Waals surface area contributed by atoms with E-state index in [4.69, 9.17) is 14.4 Å². The number of nitriles is 1. The van der Waals surface area contributed by atoms with Crippen molar-refractivity contribution in [2.24, 2.45) is 0 Å². The van der Waals surface area contributed by atoms with Gasteiger partial charge in [-0.3, -0.25) is 9.69 Å². The molecule has 3 rings (SSSR count). The molecule has 0 fully saturated rings. The monoisotopic (exact) mass is 397 g/mol. The van der Waals surface area contributed by atoms with E-state index in [-0.39, 0.29) is 12.5 Å². The number of ether oxygens (including phenoxy) is 1. The summed E-state index contributed by atoms with van der Waals surface area (Å²) < 4.78 is 10.8. The normalized spacial score (nSPS) is 10.8. The van der Waals surface area contributed by atoms with E-state index in [0.717, 1.165) is 4.88 Å². The van der Waals surface area contributed by atoms with Gasteiger partial charge in [-0.2, -0.15) is 5.26 Å². The molecule has 9 heteroatoms. The lowest BCUT2D eigenvalue weighted by Crippen LogP contribution is -2.35. The fourth-order valence-corrected chi connectivity index (χ4v) is 3.12. The number of carbonyl (C=O) groups excluding carboxylic acids is 1. The van der Waals surface area contributed by atoms with E-state index in [1.54, 1.807) is 31.4 Å². The predicted molar refractivity (Wildman–Crippen MR) is 105 cm³/mol. The number of aromatic nitrogens is 2. The molecule has 0 aliphatic carbocycles. The maximum atomic E-state index is 12.4. The van der Waals surface area contributed by atoms with Gasteiger partial charge in [0.05, 0.1) is 36.2 Å². The Balaban J connectivity index is 1.61. The van der Waals surface area contributed by atoms with Crippen LogP contribution in [0.3, 0.4) is 0 Å². The fraction of sp³-hybridized carbons (Fsp3) is 0.263. The third-order valence-electron chi connectivity index (χ3n) is 3.83. The Hall–Kier alpha value is -3.06. The van der Waals surface area contributed by atoms with Crippen molar-refractivity contribution in [3.8, 4) is 16.8 Å². The van der Waals surface area contributed by atoms with Crippen LogP contribution in [0.5, 0.6) is 0 Å². The summed E-state index contributed by atoms with van der Waals surface area (Å²) in [5.41, 5.74) is 1.17. The van der Waals surface area contributed by atoms with Crippen molar-refractivity contribution in [2.45, 2.75) is 6.54 Å². The van der Waals surface area contributed by atoms with Crippen molar-refractivity contribution in [1.29, 1.82) is 5.26 Å². The van der Waals surface area contributed by atoms with E-state index in [9.17, 15) is 4.79 Å². The minimum atomic E-state index is -0.182. The molecule has 0 saturated heterocycles. The van der Waals surface area contributed by atoms with Crippen LogP contribution in [0.25, 0.3) is 10.8 Å². The molecule has 144 valence electrons. The number of carbonyl (C=O) groups is 1. The van der Waals surface area contributed by atoms with Crippen molar-refractivity contribution in [3.05, 3.63) is 53.2 Å². The second kappa shape index (κ2) is 9.75. The lowest BCUT2D eigenvalue weighted by atomic mass is 10.2. The Morgan fingerprint density at radius 1 is 1.32 bits per heavy atom. The molecule has 8 nitrogen and oxygen atoms in total. The van der Waals surface area contributed by atoms with Crippen molar-refractivity contribution >= 4 is 22.9 Å². The average molecular weight is 397 g/mol. The summed E-state index contributed by atoms with van der Waals surface area (Å²) >= 11 is 1.52. The van der Waals surface area contributed by atoms with Crippen LogP contribution in [-0.4, -0.2) is 47.8 Å². The molecule has 2 aromatic heterocycles. The Bertz CT molecular complexity index is 931. The molecule has 0 aliphatic heterocycles. The first-order valence-corrected chi connectivity index (χ1v) is 9.43. The van der Waals surface area contributed by atoms with Gasteiger partial charge in [-0.05, 0) is 35.7 Å². The topological polar surface area (TPSA) is 104 Å². The molecule has 1 N–H and O–H groups in total. The second-order valence-corrected chi connectivity index (χ2v) is 6.87. The number of amides is 1. The number of hydrogen-bond donors (Lipinski definition) is 1. The molecule has 0 saturated carbocycles. The second-order valence-electron chi connectivity index (χ2n) is 5.92. The van der Waals surface area contributed by atoms with E-state index in [2.05, 4.69) is 15.5 Å². The van der Waals surface area contributed by atoms with E-state index in [0.29, 0.717) is 42.7 Å². The van der Waals surface area contributed by atoms with E-state index >= 15 is 0 Å². The number of nitrogens with zero attached hydrogens (tertiary/aromatic N) is 4. The summed E-state index contributed by atoms with van der Waals surface area (Å²) in [5.74, 6) is 0.725. The zero-order valence-corrected chi connectivity index (χ0v) is 16.1. The lowest BCUT2D eigenvalue weighted by molar-refractivity contribution is -0.117. The summed E-state index contributed by atoms with van der Waals surface area (Å²) in [4.78, 5) is 15.2. The summed E-state index contributed by atoms with van der Waals surface area (Å²) in [5, 5.41) is 21.7. The van der Waals surface area contributed by atoms with E-state index < -0.39 is 0 Å². The zero-order chi connectivity index (χ0) is 19.8. The molecule has 0 aliphatic rings.